The van der Waals surface area contributed by atoms with Crippen LogP contribution in [0.3, 0.4) is 0 Å². The maximum absolute atomic E-state index is 12.8. The molecular weight excluding hydrogens is 352 g/mol. The van der Waals surface area contributed by atoms with Crippen molar-refractivity contribution in [3.63, 3.8) is 0 Å². The maximum atomic E-state index is 12.8. The minimum absolute atomic E-state index is 0.0482. The fourth-order valence-electron chi connectivity index (χ4n) is 3.07. The van der Waals surface area contributed by atoms with Gasteiger partial charge in [-0.05, 0) is 49.6 Å². The van der Waals surface area contributed by atoms with Gasteiger partial charge in [0.25, 0.3) is 10.0 Å². The van der Waals surface area contributed by atoms with Crippen LogP contribution >= 0.6 is 0 Å². The molecule has 2 aromatic carbocycles. The lowest BCUT2D eigenvalue weighted by Gasteiger charge is -2.20. The number of hydrogen-bond donors (Lipinski definition) is 1. The number of sulfonamides is 1. The molecule has 3 rings (SSSR count). The summed E-state index contributed by atoms with van der Waals surface area (Å²) in [5, 5.41) is 0. The highest BCUT2D eigenvalue weighted by molar-refractivity contribution is 7.92. The Labute approximate surface area is 153 Å². The molecule has 1 N–H and O–H groups in total. The summed E-state index contributed by atoms with van der Waals surface area (Å²) >= 11 is 0. The molecule has 7 heteroatoms. The number of anilines is 2. The molecule has 1 amide bonds. The molecule has 138 valence electrons. The van der Waals surface area contributed by atoms with E-state index in [0.717, 1.165) is 12.0 Å². The predicted octanol–water partition coefficient (Wildman–Crippen LogP) is 3.24. The van der Waals surface area contributed by atoms with Crippen molar-refractivity contribution in [3.05, 3.63) is 47.5 Å². The summed E-state index contributed by atoms with van der Waals surface area (Å²) in [6.45, 7) is 4.25. The fourth-order valence-corrected chi connectivity index (χ4v) is 4.45. The van der Waals surface area contributed by atoms with Crippen molar-refractivity contribution >= 4 is 27.3 Å². The van der Waals surface area contributed by atoms with Gasteiger partial charge < -0.3 is 9.64 Å². The van der Waals surface area contributed by atoms with Gasteiger partial charge in [-0.1, -0.05) is 12.1 Å². The Morgan fingerprint density at radius 2 is 1.88 bits per heavy atom. The number of benzene rings is 2. The van der Waals surface area contributed by atoms with Crippen molar-refractivity contribution in [2.75, 3.05) is 23.3 Å². The summed E-state index contributed by atoms with van der Waals surface area (Å²) in [5.74, 6) is 0.508. The second-order valence-electron chi connectivity index (χ2n) is 6.41. The van der Waals surface area contributed by atoms with Crippen LogP contribution in [0.1, 0.15) is 24.0 Å². The molecule has 0 atom stereocenters. The van der Waals surface area contributed by atoms with E-state index in [2.05, 4.69) is 4.72 Å². The lowest BCUT2D eigenvalue weighted by molar-refractivity contribution is -0.117. The van der Waals surface area contributed by atoms with Gasteiger partial charge >= 0.3 is 0 Å². The smallest absolute Gasteiger partial charge is 0.262 e. The minimum atomic E-state index is -3.72. The standard InChI is InChI=1S/C19H22N2O4S/c1-13-6-7-14(2)18(11-13)26(23,24)20-15-8-9-16(17(12-15)25-3)21-10-4-5-19(21)22/h6-9,11-12,20H,4-5,10H2,1-3H3. The van der Waals surface area contributed by atoms with E-state index in [1.807, 2.05) is 13.0 Å². The van der Waals surface area contributed by atoms with Crippen LogP contribution in [0.5, 0.6) is 5.75 Å². The average Bonchev–Trinajstić information content (AvgIpc) is 3.02. The molecule has 0 aliphatic carbocycles. The Kier molecular flexibility index (Phi) is 4.91. The fraction of sp³-hybridized carbons (Fsp3) is 0.316. The first-order valence-electron chi connectivity index (χ1n) is 8.40. The van der Waals surface area contributed by atoms with E-state index >= 15 is 0 Å². The van der Waals surface area contributed by atoms with E-state index in [-0.39, 0.29) is 10.8 Å². The van der Waals surface area contributed by atoms with Crippen molar-refractivity contribution in [1.29, 1.82) is 0 Å². The van der Waals surface area contributed by atoms with Crippen LogP contribution < -0.4 is 14.4 Å². The molecule has 1 aliphatic rings. The van der Waals surface area contributed by atoms with Crippen LogP contribution in [-0.4, -0.2) is 28.0 Å². The van der Waals surface area contributed by atoms with Gasteiger partial charge in [-0.2, -0.15) is 0 Å². The summed E-state index contributed by atoms with van der Waals surface area (Å²) in [6, 6.07) is 10.3. The number of rotatable bonds is 5. The zero-order valence-electron chi connectivity index (χ0n) is 15.1. The summed E-state index contributed by atoms with van der Waals surface area (Å²) in [5.41, 5.74) is 2.59. The normalized spacial score (nSPS) is 14.6. The molecule has 1 fully saturated rings. The molecule has 1 heterocycles. The molecule has 26 heavy (non-hydrogen) atoms. The summed E-state index contributed by atoms with van der Waals surface area (Å²) in [6.07, 6.45) is 1.33. The van der Waals surface area contributed by atoms with Crippen molar-refractivity contribution in [2.24, 2.45) is 0 Å². The van der Waals surface area contributed by atoms with Gasteiger partial charge in [-0.15, -0.1) is 0 Å². The molecule has 0 radical (unpaired) electrons. The Morgan fingerprint density at radius 3 is 2.54 bits per heavy atom. The zero-order chi connectivity index (χ0) is 18.9. The number of amides is 1. The lowest BCUT2D eigenvalue weighted by Crippen LogP contribution is -2.24. The number of aryl methyl sites for hydroxylation is 2. The van der Waals surface area contributed by atoms with Crippen molar-refractivity contribution in [1.82, 2.24) is 0 Å². The topological polar surface area (TPSA) is 75.7 Å². The molecule has 0 spiro atoms. The second-order valence-corrected chi connectivity index (χ2v) is 8.06. The largest absolute Gasteiger partial charge is 0.494 e. The van der Waals surface area contributed by atoms with E-state index in [0.29, 0.717) is 35.7 Å². The van der Waals surface area contributed by atoms with Crippen LogP contribution in [-0.2, 0) is 14.8 Å². The number of carbonyl (C=O) groups excluding carboxylic acids is 1. The van der Waals surface area contributed by atoms with Crippen LogP contribution in [0.2, 0.25) is 0 Å². The Morgan fingerprint density at radius 1 is 1.12 bits per heavy atom. The van der Waals surface area contributed by atoms with Crippen LogP contribution in [0.15, 0.2) is 41.3 Å². The Balaban J connectivity index is 1.92. The van der Waals surface area contributed by atoms with Gasteiger partial charge in [-0.3, -0.25) is 9.52 Å². The first-order chi connectivity index (χ1) is 12.3. The van der Waals surface area contributed by atoms with Gasteiger partial charge in [0.15, 0.2) is 0 Å². The molecule has 2 aromatic rings. The Hall–Kier alpha value is -2.54. The van der Waals surface area contributed by atoms with Gasteiger partial charge in [0.05, 0.1) is 23.4 Å². The highest BCUT2D eigenvalue weighted by atomic mass is 32.2. The number of methoxy groups -OCH3 is 1. The van der Waals surface area contributed by atoms with Crippen molar-refractivity contribution < 1.29 is 17.9 Å². The quantitative estimate of drug-likeness (QED) is 0.872. The number of hydrogen-bond acceptors (Lipinski definition) is 4. The summed E-state index contributed by atoms with van der Waals surface area (Å²) in [7, 11) is -2.22. The van der Waals surface area contributed by atoms with Crippen molar-refractivity contribution in [3.8, 4) is 5.75 Å². The highest BCUT2D eigenvalue weighted by Gasteiger charge is 2.25. The number of carbonyl (C=O) groups is 1. The zero-order valence-corrected chi connectivity index (χ0v) is 15.9. The first kappa shape index (κ1) is 18.3. The van der Waals surface area contributed by atoms with Gasteiger partial charge in [0.1, 0.15) is 5.75 Å². The molecule has 0 unspecified atom stereocenters. The SMILES string of the molecule is COc1cc(NS(=O)(=O)c2cc(C)ccc2C)ccc1N1CCCC1=O. The van der Waals surface area contributed by atoms with Crippen molar-refractivity contribution in [2.45, 2.75) is 31.6 Å². The number of nitrogens with one attached hydrogen (secondary N) is 1. The monoisotopic (exact) mass is 374 g/mol. The van der Waals surface area contributed by atoms with Crippen LogP contribution in [0.4, 0.5) is 11.4 Å². The predicted molar refractivity (Wildman–Crippen MR) is 101 cm³/mol. The molecule has 0 aromatic heterocycles. The van der Waals surface area contributed by atoms with Crippen LogP contribution in [0, 0.1) is 13.8 Å². The maximum Gasteiger partial charge on any atom is 0.262 e. The first-order valence-corrected chi connectivity index (χ1v) is 9.88. The third kappa shape index (κ3) is 3.53. The molecule has 1 saturated heterocycles. The lowest BCUT2D eigenvalue weighted by atomic mass is 10.2. The Bertz CT molecular complexity index is 954. The third-order valence-electron chi connectivity index (χ3n) is 4.43. The third-order valence-corrected chi connectivity index (χ3v) is 5.95. The molecule has 6 nitrogen and oxygen atoms in total. The van der Waals surface area contributed by atoms with Gasteiger partial charge in [0, 0.05) is 19.0 Å². The minimum Gasteiger partial charge on any atom is -0.494 e. The summed E-state index contributed by atoms with van der Waals surface area (Å²) < 4.78 is 33.5. The van der Waals surface area contributed by atoms with E-state index in [1.165, 1.54) is 7.11 Å². The van der Waals surface area contributed by atoms with E-state index in [1.54, 1.807) is 42.2 Å². The van der Waals surface area contributed by atoms with E-state index in [4.69, 9.17) is 4.74 Å². The van der Waals surface area contributed by atoms with Gasteiger partial charge in [-0.25, -0.2) is 8.42 Å². The molecular formula is C19H22N2O4S. The van der Waals surface area contributed by atoms with E-state index < -0.39 is 10.0 Å². The highest BCUT2D eigenvalue weighted by Crippen LogP contribution is 2.34. The molecule has 1 aliphatic heterocycles. The summed E-state index contributed by atoms with van der Waals surface area (Å²) in [4.78, 5) is 13.9. The van der Waals surface area contributed by atoms with E-state index in [9.17, 15) is 13.2 Å². The molecule has 0 bridgehead atoms. The van der Waals surface area contributed by atoms with Crippen LogP contribution in [0.25, 0.3) is 0 Å². The number of ether oxygens (including phenoxy) is 1. The number of nitrogens with zero attached hydrogens (tertiary/aromatic N) is 1. The average molecular weight is 374 g/mol. The van der Waals surface area contributed by atoms with Gasteiger partial charge in [0.2, 0.25) is 5.91 Å². The second kappa shape index (κ2) is 6.99. The molecule has 0 saturated carbocycles.